The molecule has 1 aromatic carbocycles. The number of piperidine rings is 1. The van der Waals surface area contributed by atoms with Gasteiger partial charge < -0.3 is 10.0 Å². The van der Waals surface area contributed by atoms with E-state index < -0.39 is 30.3 Å². The molecule has 144 valence electrons. The van der Waals surface area contributed by atoms with Crippen molar-refractivity contribution in [3.63, 3.8) is 0 Å². The van der Waals surface area contributed by atoms with Crippen LogP contribution in [0.2, 0.25) is 5.02 Å². The van der Waals surface area contributed by atoms with Crippen molar-refractivity contribution < 1.29 is 23.1 Å². The molecular formula is C19H23ClF3NO2. The van der Waals surface area contributed by atoms with Crippen LogP contribution in [0.4, 0.5) is 13.2 Å². The fourth-order valence-corrected chi connectivity index (χ4v) is 3.73. The molecule has 0 aromatic heterocycles. The van der Waals surface area contributed by atoms with E-state index in [-0.39, 0.29) is 12.3 Å². The Labute approximate surface area is 156 Å². The molecule has 26 heavy (non-hydrogen) atoms. The maximum Gasteiger partial charge on any atom is 0.416 e. The molecule has 0 aliphatic carbocycles. The zero-order valence-electron chi connectivity index (χ0n) is 14.5. The van der Waals surface area contributed by atoms with E-state index in [1.165, 1.54) is 4.90 Å². The van der Waals surface area contributed by atoms with Crippen LogP contribution in [-0.2, 0) is 4.79 Å². The Bertz CT molecular complexity index is 633. The average molecular weight is 390 g/mol. The molecule has 1 aliphatic heterocycles. The second-order valence-corrected chi connectivity index (χ2v) is 7.01. The van der Waals surface area contributed by atoms with Crippen LogP contribution >= 0.6 is 11.6 Å². The highest BCUT2D eigenvalue weighted by Crippen LogP contribution is 2.40. The number of nitrogens with zero attached hydrogens (tertiary/aromatic N) is 1. The highest BCUT2D eigenvalue weighted by atomic mass is 35.5. The lowest BCUT2D eigenvalue weighted by atomic mass is 9.84. The second-order valence-electron chi connectivity index (χ2n) is 6.57. The van der Waals surface area contributed by atoms with Gasteiger partial charge in [0.2, 0.25) is 5.91 Å². The third-order valence-corrected chi connectivity index (χ3v) is 5.16. The average Bonchev–Trinajstić information content (AvgIpc) is 2.59. The predicted molar refractivity (Wildman–Crippen MR) is 94.7 cm³/mol. The van der Waals surface area contributed by atoms with Crippen LogP contribution in [0.1, 0.15) is 44.2 Å². The van der Waals surface area contributed by atoms with Gasteiger partial charge in [-0.3, -0.25) is 4.79 Å². The van der Waals surface area contributed by atoms with Crippen LogP contribution in [0.5, 0.6) is 0 Å². The molecule has 1 amide bonds. The molecule has 4 atom stereocenters. The van der Waals surface area contributed by atoms with E-state index in [9.17, 15) is 23.1 Å². The third kappa shape index (κ3) is 4.41. The first-order valence-corrected chi connectivity index (χ1v) is 9.01. The summed E-state index contributed by atoms with van der Waals surface area (Å²) in [5, 5.41) is 10.4. The van der Waals surface area contributed by atoms with E-state index in [0.717, 1.165) is 0 Å². The maximum absolute atomic E-state index is 13.2. The molecule has 1 N–H and O–H groups in total. The Morgan fingerprint density at radius 1 is 1.35 bits per heavy atom. The summed E-state index contributed by atoms with van der Waals surface area (Å²) in [6.45, 7) is 5.17. The van der Waals surface area contributed by atoms with Crippen molar-refractivity contribution in [3.05, 3.63) is 47.5 Å². The zero-order valence-corrected chi connectivity index (χ0v) is 15.3. The summed E-state index contributed by atoms with van der Waals surface area (Å²) >= 11 is 5.90. The Hall–Kier alpha value is -1.53. The van der Waals surface area contributed by atoms with Gasteiger partial charge in [0.05, 0.1) is 12.1 Å². The second kappa shape index (κ2) is 8.44. The molecule has 0 bridgehead atoms. The van der Waals surface area contributed by atoms with Gasteiger partial charge in [0.1, 0.15) is 0 Å². The van der Waals surface area contributed by atoms with Gasteiger partial charge in [0.15, 0.2) is 6.10 Å². The molecule has 1 heterocycles. The lowest BCUT2D eigenvalue weighted by molar-refractivity contribution is -0.226. The van der Waals surface area contributed by atoms with Crippen molar-refractivity contribution in [2.75, 3.05) is 0 Å². The Morgan fingerprint density at radius 2 is 1.96 bits per heavy atom. The number of carbonyl (C=O) groups excluding carboxylic acids is 1. The van der Waals surface area contributed by atoms with Crippen molar-refractivity contribution in [3.8, 4) is 0 Å². The van der Waals surface area contributed by atoms with Gasteiger partial charge in [-0.15, -0.1) is 6.58 Å². The number of hydrogen-bond acceptors (Lipinski definition) is 2. The van der Waals surface area contributed by atoms with Gasteiger partial charge in [-0.2, -0.15) is 13.2 Å². The lowest BCUT2D eigenvalue weighted by Crippen LogP contribution is -2.56. The summed E-state index contributed by atoms with van der Waals surface area (Å²) in [6, 6.07) is 4.87. The number of alkyl halides is 3. The fourth-order valence-electron chi connectivity index (χ4n) is 3.60. The number of rotatable bonds is 6. The lowest BCUT2D eigenvalue weighted by Gasteiger charge is -2.45. The molecule has 1 fully saturated rings. The van der Waals surface area contributed by atoms with Gasteiger partial charge >= 0.3 is 6.18 Å². The molecule has 1 aromatic rings. The van der Waals surface area contributed by atoms with Crippen molar-refractivity contribution in [2.24, 2.45) is 5.92 Å². The number of aliphatic hydroxyl groups is 1. The van der Waals surface area contributed by atoms with E-state index in [0.29, 0.717) is 29.8 Å². The molecule has 1 aliphatic rings. The van der Waals surface area contributed by atoms with Crippen LogP contribution < -0.4 is 0 Å². The van der Waals surface area contributed by atoms with Crippen molar-refractivity contribution in [2.45, 2.75) is 57.0 Å². The van der Waals surface area contributed by atoms with Crippen molar-refractivity contribution >= 4 is 17.5 Å². The monoisotopic (exact) mass is 389 g/mol. The number of carbonyl (C=O) groups is 1. The summed E-state index contributed by atoms with van der Waals surface area (Å²) in [7, 11) is 0. The predicted octanol–water partition coefficient (Wildman–Crippen LogP) is 4.90. The Morgan fingerprint density at radius 3 is 2.46 bits per heavy atom. The number of amides is 1. The molecule has 0 spiro atoms. The van der Waals surface area contributed by atoms with E-state index >= 15 is 0 Å². The SMILES string of the molecule is C=CCC1CCC(c2ccc(Cl)cc2)N(C(CC)C(O)C(F)(F)F)C1=O. The van der Waals surface area contributed by atoms with E-state index in [1.807, 2.05) is 0 Å². The van der Waals surface area contributed by atoms with Gasteiger partial charge in [0.25, 0.3) is 0 Å². The first kappa shape index (κ1) is 20.8. The molecule has 1 saturated heterocycles. The highest BCUT2D eigenvalue weighted by Gasteiger charge is 2.49. The summed E-state index contributed by atoms with van der Waals surface area (Å²) in [4.78, 5) is 14.2. The minimum atomic E-state index is -4.79. The summed E-state index contributed by atoms with van der Waals surface area (Å²) < 4.78 is 39.5. The minimum absolute atomic E-state index is 0.00266. The number of allylic oxidation sites excluding steroid dienone is 1. The Kier molecular flexibility index (Phi) is 6.74. The van der Waals surface area contributed by atoms with Gasteiger partial charge in [-0.1, -0.05) is 36.7 Å². The zero-order chi connectivity index (χ0) is 19.5. The Balaban J connectivity index is 2.43. The van der Waals surface area contributed by atoms with Crippen LogP contribution in [0.15, 0.2) is 36.9 Å². The number of likely N-dealkylation sites (tertiary alicyclic amines) is 1. The summed E-state index contributed by atoms with van der Waals surface area (Å²) in [5.74, 6) is -0.781. The van der Waals surface area contributed by atoms with Crippen molar-refractivity contribution in [1.29, 1.82) is 0 Å². The first-order valence-electron chi connectivity index (χ1n) is 8.64. The standard InChI is InChI=1S/C19H23ClF3NO2/c1-3-5-13-8-11-16(12-6-9-14(20)10-7-12)24(18(13)26)15(4-2)17(25)19(21,22)23/h3,6-7,9-10,13,15-17,25H,1,4-5,8,11H2,2H3. The van der Waals surface area contributed by atoms with Crippen molar-refractivity contribution in [1.82, 2.24) is 4.90 Å². The highest BCUT2D eigenvalue weighted by molar-refractivity contribution is 6.30. The molecule has 4 unspecified atom stereocenters. The summed E-state index contributed by atoms with van der Waals surface area (Å²) in [6.07, 6.45) is -4.30. The van der Waals surface area contributed by atoms with Gasteiger partial charge in [-0.25, -0.2) is 0 Å². The quantitative estimate of drug-likeness (QED) is 0.703. The van der Waals surface area contributed by atoms with Gasteiger partial charge in [0, 0.05) is 10.9 Å². The fraction of sp³-hybridized carbons (Fsp3) is 0.526. The van der Waals surface area contributed by atoms with E-state index in [4.69, 9.17) is 11.6 Å². The molecule has 2 rings (SSSR count). The number of benzene rings is 1. The molecule has 3 nitrogen and oxygen atoms in total. The van der Waals surface area contributed by atoms with E-state index in [2.05, 4.69) is 6.58 Å². The molecular weight excluding hydrogens is 367 g/mol. The third-order valence-electron chi connectivity index (χ3n) is 4.91. The number of aliphatic hydroxyl groups excluding tert-OH is 1. The molecule has 7 heteroatoms. The van der Waals surface area contributed by atoms with Crippen LogP contribution in [-0.4, -0.2) is 34.2 Å². The minimum Gasteiger partial charge on any atom is -0.382 e. The normalized spacial score (nSPS) is 23.6. The smallest absolute Gasteiger partial charge is 0.382 e. The first-order chi connectivity index (χ1) is 12.2. The van der Waals surface area contributed by atoms with Gasteiger partial charge in [-0.05, 0) is 43.4 Å². The molecule has 0 saturated carbocycles. The van der Waals surface area contributed by atoms with Crippen LogP contribution in [0.25, 0.3) is 0 Å². The number of halogens is 4. The van der Waals surface area contributed by atoms with Crippen LogP contribution in [0, 0.1) is 5.92 Å². The number of hydrogen-bond donors (Lipinski definition) is 1. The van der Waals surface area contributed by atoms with Crippen LogP contribution in [0.3, 0.4) is 0 Å². The molecule has 0 radical (unpaired) electrons. The van der Waals surface area contributed by atoms with E-state index in [1.54, 1.807) is 37.3 Å². The summed E-state index contributed by atoms with van der Waals surface area (Å²) in [5.41, 5.74) is 0.715. The topological polar surface area (TPSA) is 40.5 Å². The maximum atomic E-state index is 13.2. The largest absolute Gasteiger partial charge is 0.416 e.